The third-order valence-corrected chi connectivity index (χ3v) is 3.44. The molecule has 21 heavy (non-hydrogen) atoms. The van der Waals surface area contributed by atoms with Crippen molar-refractivity contribution in [1.82, 2.24) is 14.6 Å². The highest BCUT2D eigenvalue weighted by molar-refractivity contribution is 5.50. The first kappa shape index (κ1) is 13.4. The molecule has 108 valence electrons. The van der Waals surface area contributed by atoms with Crippen LogP contribution in [0.2, 0.25) is 0 Å². The van der Waals surface area contributed by atoms with Crippen LogP contribution in [0.5, 0.6) is 5.75 Å². The standard InChI is InChI=1S/C16H18N4O/c1-12-10-16(20-15(18-12)8-9-17-20)19(2)11-13-4-6-14(21-3)7-5-13/h4-10H,11H2,1-3H3. The minimum Gasteiger partial charge on any atom is -0.497 e. The fourth-order valence-electron chi connectivity index (χ4n) is 2.38. The summed E-state index contributed by atoms with van der Waals surface area (Å²) < 4.78 is 7.04. The average Bonchev–Trinajstić information content (AvgIpc) is 2.95. The lowest BCUT2D eigenvalue weighted by atomic mass is 10.2. The maximum absolute atomic E-state index is 5.19. The van der Waals surface area contributed by atoms with E-state index in [1.807, 2.05) is 35.7 Å². The molecule has 2 heterocycles. The summed E-state index contributed by atoms with van der Waals surface area (Å²) in [7, 11) is 3.73. The molecule has 0 aliphatic carbocycles. The lowest BCUT2D eigenvalue weighted by Crippen LogP contribution is -2.20. The fraction of sp³-hybridized carbons (Fsp3) is 0.250. The minimum absolute atomic E-state index is 0.794. The number of anilines is 1. The van der Waals surface area contributed by atoms with Crippen molar-refractivity contribution in [3.63, 3.8) is 0 Å². The Balaban J connectivity index is 1.89. The van der Waals surface area contributed by atoms with E-state index in [4.69, 9.17) is 4.74 Å². The van der Waals surface area contributed by atoms with Crippen LogP contribution >= 0.6 is 0 Å². The molecule has 0 N–H and O–H groups in total. The number of aromatic nitrogens is 3. The zero-order valence-electron chi connectivity index (χ0n) is 12.4. The van der Waals surface area contributed by atoms with Gasteiger partial charge in [0.05, 0.1) is 13.3 Å². The predicted octanol–water partition coefficient (Wildman–Crippen LogP) is 2.68. The van der Waals surface area contributed by atoms with Gasteiger partial charge < -0.3 is 9.64 Å². The van der Waals surface area contributed by atoms with Crippen LogP contribution in [-0.2, 0) is 6.54 Å². The second-order valence-electron chi connectivity index (χ2n) is 5.06. The van der Waals surface area contributed by atoms with Gasteiger partial charge in [0, 0.05) is 31.4 Å². The molecule has 0 atom stereocenters. The number of hydrogen-bond acceptors (Lipinski definition) is 4. The Labute approximate surface area is 123 Å². The van der Waals surface area contributed by atoms with E-state index in [9.17, 15) is 0 Å². The van der Waals surface area contributed by atoms with Crippen molar-refractivity contribution >= 4 is 11.5 Å². The third-order valence-electron chi connectivity index (χ3n) is 3.44. The van der Waals surface area contributed by atoms with Crippen molar-refractivity contribution in [1.29, 1.82) is 0 Å². The van der Waals surface area contributed by atoms with Crippen molar-refractivity contribution < 1.29 is 4.74 Å². The maximum atomic E-state index is 5.19. The summed E-state index contributed by atoms with van der Waals surface area (Å²) in [5.74, 6) is 1.90. The molecule has 5 heteroatoms. The molecule has 3 rings (SSSR count). The topological polar surface area (TPSA) is 42.7 Å². The van der Waals surface area contributed by atoms with Crippen LogP contribution in [0.25, 0.3) is 5.65 Å². The highest BCUT2D eigenvalue weighted by Crippen LogP contribution is 2.19. The molecule has 0 fully saturated rings. The van der Waals surface area contributed by atoms with Crippen LogP contribution in [-0.4, -0.2) is 28.8 Å². The zero-order valence-corrected chi connectivity index (χ0v) is 12.4. The Morgan fingerprint density at radius 1 is 1.19 bits per heavy atom. The van der Waals surface area contributed by atoms with Gasteiger partial charge in [0.25, 0.3) is 0 Å². The van der Waals surface area contributed by atoms with E-state index in [0.717, 1.165) is 29.5 Å². The molecule has 0 aliphatic heterocycles. The molecule has 0 amide bonds. The largest absolute Gasteiger partial charge is 0.497 e. The first-order chi connectivity index (χ1) is 10.2. The van der Waals surface area contributed by atoms with Gasteiger partial charge in [-0.2, -0.15) is 9.61 Å². The molecule has 0 unspecified atom stereocenters. The van der Waals surface area contributed by atoms with E-state index in [1.54, 1.807) is 13.3 Å². The van der Waals surface area contributed by atoms with Crippen molar-refractivity contribution in [2.24, 2.45) is 0 Å². The summed E-state index contributed by atoms with van der Waals surface area (Å²) in [6.45, 7) is 2.79. The molecule has 0 radical (unpaired) electrons. The molecule has 1 aromatic carbocycles. The van der Waals surface area contributed by atoms with Gasteiger partial charge in [-0.3, -0.25) is 0 Å². The normalized spacial score (nSPS) is 10.8. The summed E-state index contributed by atoms with van der Waals surface area (Å²) in [6, 6.07) is 12.1. The molecule has 0 saturated heterocycles. The minimum atomic E-state index is 0.794. The van der Waals surface area contributed by atoms with Crippen molar-refractivity contribution in [3.05, 3.63) is 53.9 Å². The predicted molar refractivity (Wildman–Crippen MR) is 82.8 cm³/mol. The molecule has 0 aliphatic rings. The van der Waals surface area contributed by atoms with Gasteiger partial charge in [0.1, 0.15) is 11.6 Å². The Morgan fingerprint density at radius 3 is 2.67 bits per heavy atom. The van der Waals surface area contributed by atoms with Crippen molar-refractivity contribution in [2.75, 3.05) is 19.1 Å². The van der Waals surface area contributed by atoms with Gasteiger partial charge in [0.2, 0.25) is 0 Å². The van der Waals surface area contributed by atoms with Gasteiger partial charge in [-0.05, 0) is 24.6 Å². The second kappa shape index (κ2) is 5.44. The highest BCUT2D eigenvalue weighted by Gasteiger charge is 2.09. The monoisotopic (exact) mass is 282 g/mol. The molecule has 0 spiro atoms. The number of aryl methyl sites for hydroxylation is 1. The van der Waals surface area contributed by atoms with Crippen LogP contribution in [0.15, 0.2) is 42.6 Å². The number of fused-ring (bicyclic) bond motifs is 1. The van der Waals surface area contributed by atoms with Gasteiger partial charge in [-0.15, -0.1) is 0 Å². The van der Waals surface area contributed by atoms with Crippen LogP contribution < -0.4 is 9.64 Å². The number of rotatable bonds is 4. The summed E-state index contributed by atoms with van der Waals surface area (Å²) in [6.07, 6.45) is 1.77. The third kappa shape index (κ3) is 2.67. The van der Waals surface area contributed by atoms with E-state index in [0.29, 0.717) is 0 Å². The molecule has 5 nitrogen and oxygen atoms in total. The second-order valence-corrected chi connectivity index (χ2v) is 5.06. The van der Waals surface area contributed by atoms with Gasteiger partial charge >= 0.3 is 0 Å². The van der Waals surface area contributed by atoms with Crippen LogP contribution in [0.3, 0.4) is 0 Å². The Bertz CT molecular complexity index is 749. The number of benzene rings is 1. The number of methoxy groups -OCH3 is 1. The number of ether oxygens (including phenoxy) is 1. The van der Waals surface area contributed by atoms with E-state index in [2.05, 4.69) is 34.2 Å². The molecule has 3 aromatic rings. The van der Waals surface area contributed by atoms with Gasteiger partial charge in [-0.25, -0.2) is 4.98 Å². The molecule has 2 aromatic heterocycles. The zero-order chi connectivity index (χ0) is 14.8. The van der Waals surface area contributed by atoms with Crippen molar-refractivity contribution in [3.8, 4) is 5.75 Å². The van der Waals surface area contributed by atoms with Crippen LogP contribution in [0, 0.1) is 6.92 Å². The van der Waals surface area contributed by atoms with E-state index < -0.39 is 0 Å². The average molecular weight is 282 g/mol. The smallest absolute Gasteiger partial charge is 0.157 e. The lowest BCUT2D eigenvalue weighted by molar-refractivity contribution is 0.414. The summed E-state index contributed by atoms with van der Waals surface area (Å²) in [5.41, 5.74) is 3.07. The number of nitrogens with zero attached hydrogens (tertiary/aromatic N) is 4. The van der Waals surface area contributed by atoms with Crippen LogP contribution in [0.4, 0.5) is 5.82 Å². The lowest BCUT2D eigenvalue weighted by Gasteiger charge is -2.20. The first-order valence-corrected chi connectivity index (χ1v) is 6.83. The molecular weight excluding hydrogens is 264 g/mol. The molecule has 0 saturated carbocycles. The Kier molecular flexibility index (Phi) is 3.48. The fourth-order valence-corrected chi connectivity index (χ4v) is 2.38. The summed E-state index contributed by atoms with van der Waals surface area (Å²) in [5, 5.41) is 4.34. The summed E-state index contributed by atoms with van der Waals surface area (Å²) in [4.78, 5) is 6.63. The van der Waals surface area contributed by atoms with E-state index in [1.165, 1.54) is 5.56 Å². The highest BCUT2D eigenvalue weighted by atomic mass is 16.5. The quantitative estimate of drug-likeness (QED) is 0.738. The molecule has 0 bridgehead atoms. The Hall–Kier alpha value is -2.56. The number of hydrogen-bond donors (Lipinski definition) is 0. The Morgan fingerprint density at radius 2 is 1.95 bits per heavy atom. The maximum Gasteiger partial charge on any atom is 0.157 e. The SMILES string of the molecule is COc1ccc(CN(C)c2cc(C)nc3ccnn23)cc1. The summed E-state index contributed by atoms with van der Waals surface area (Å²) >= 11 is 0. The van der Waals surface area contributed by atoms with Crippen LogP contribution in [0.1, 0.15) is 11.3 Å². The van der Waals surface area contributed by atoms with Crippen molar-refractivity contribution in [2.45, 2.75) is 13.5 Å². The van der Waals surface area contributed by atoms with E-state index >= 15 is 0 Å². The van der Waals surface area contributed by atoms with Gasteiger partial charge in [0.15, 0.2) is 5.65 Å². The van der Waals surface area contributed by atoms with E-state index in [-0.39, 0.29) is 0 Å². The van der Waals surface area contributed by atoms with Gasteiger partial charge in [-0.1, -0.05) is 12.1 Å². The first-order valence-electron chi connectivity index (χ1n) is 6.83. The molecular formula is C16H18N4O.